The van der Waals surface area contributed by atoms with Crippen LogP contribution in [0.4, 0.5) is 4.79 Å². The first-order chi connectivity index (χ1) is 11.2. The van der Waals surface area contributed by atoms with Crippen molar-refractivity contribution in [3.8, 4) is 0 Å². The van der Waals surface area contributed by atoms with E-state index in [1.54, 1.807) is 0 Å². The van der Waals surface area contributed by atoms with E-state index in [9.17, 15) is 4.79 Å². The number of rotatable bonds is 5. The lowest BCUT2D eigenvalue weighted by atomic mass is 10.1. The third-order valence-electron chi connectivity index (χ3n) is 4.77. The van der Waals surface area contributed by atoms with Crippen LogP contribution in [0.25, 0.3) is 0 Å². The molecule has 2 fully saturated rings. The summed E-state index contributed by atoms with van der Waals surface area (Å²) < 4.78 is 11.5. The fraction of sp³-hybridized carbons (Fsp3) is 0.611. The maximum Gasteiger partial charge on any atom is 0.315 e. The maximum atomic E-state index is 12.2. The predicted molar refractivity (Wildman–Crippen MR) is 88.1 cm³/mol. The van der Waals surface area contributed by atoms with Crippen molar-refractivity contribution in [2.24, 2.45) is 0 Å². The first-order valence-electron chi connectivity index (χ1n) is 8.56. The van der Waals surface area contributed by atoms with E-state index in [1.807, 2.05) is 25.1 Å². The first-order valence-corrected chi connectivity index (χ1v) is 8.56. The van der Waals surface area contributed by atoms with E-state index in [2.05, 4.69) is 22.8 Å². The van der Waals surface area contributed by atoms with Crippen LogP contribution in [-0.4, -0.2) is 36.9 Å². The zero-order valence-corrected chi connectivity index (χ0v) is 13.7. The summed E-state index contributed by atoms with van der Waals surface area (Å²) in [5, 5.41) is 6.10. The predicted octanol–water partition coefficient (Wildman–Crippen LogP) is 2.60. The monoisotopic (exact) mass is 318 g/mol. The summed E-state index contributed by atoms with van der Waals surface area (Å²) in [6.07, 6.45) is 4.14. The third kappa shape index (κ3) is 4.45. The SMILES string of the molecule is C[C@@H]1OCC[C@@H]1NC(=O)N[C@@H]1CCC[C@H]1OCc1ccccc1. The van der Waals surface area contributed by atoms with Gasteiger partial charge in [0.15, 0.2) is 0 Å². The minimum atomic E-state index is -0.104. The van der Waals surface area contributed by atoms with Crippen molar-refractivity contribution >= 4 is 6.03 Å². The molecule has 1 aromatic rings. The molecule has 0 spiro atoms. The smallest absolute Gasteiger partial charge is 0.315 e. The Balaban J connectivity index is 1.45. The summed E-state index contributed by atoms with van der Waals surface area (Å²) in [7, 11) is 0. The van der Waals surface area contributed by atoms with E-state index < -0.39 is 0 Å². The molecule has 0 aromatic heterocycles. The molecule has 23 heavy (non-hydrogen) atoms. The molecule has 2 aliphatic rings. The second-order valence-electron chi connectivity index (χ2n) is 6.46. The number of benzene rings is 1. The molecule has 1 aliphatic heterocycles. The number of hydrogen-bond acceptors (Lipinski definition) is 3. The van der Waals surface area contributed by atoms with E-state index in [0.29, 0.717) is 6.61 Å². The van der Waals surface area contributed by atoms with Gasteiger partial charge in [0.2, 0.25) is 0 Å². The number of amides is 2. The van der Waals surface area contributed by atoms with Gasteiger partial charge >= 0.3 is 6.03 Å². The molecule has 126 valence electrons. The Morgan fingerprint density at radius 3 is 2.70 bits per heavy atom. The van der Waals surface area contributed by atoms with Crippen molar-refractivity contribution in [2.75, 3.05) is 6.61 Å². The molecule has 1 heterocycles. The molecular weight excluding hydrogens is 292 g/mol. The quantitative estimate of drug-likeness (QED) is 0.877. The van der Waals surface area contributed by atoms with Crippen molar-refractivity contribution in [2.45, 2.75) is 63.5 Å². The highest BCUT2D eigenvalue weighted by molar-refractivity contribution is 5.74. The number of nitrogens with one attached hydrogen (secondary N) is 2. The summed E-state index contributed by atoms with van der Waals surface area (Å²) in [5.74, 6) is 0. The largest absolute Gasteiger partial charge is 0.376 e. The Morgan fingerprint density at radius 1 is 1.17 bits per heavy atom. The Morgan fingerprint density at radius 2 is 1.96 bits per heavy atom. The van der Waals surface area contributed by atoms with Crippen molar-refractivity contribution in [1.82, 2.24) is 10.6 Å². The Bertz CT molecular complexity index is 508. The molecule has 1 aliphatic carbocycles. The van der Waals surface area contributed by atoms with Gasteiger partial charge in [0.25, 0.3) is 0 Å². The zero-order chi connectivity index (χ0) is 16.1. The van der Waals surface area contributed by atoms with E-state index in [4.69, 9.17) is 9.47 Å². The van der Waals surface area contributed by atoms with Crippen molar-refractivity contribution in [3.63, 3.8) is 0 Å². The lowest BCUT2D eigenvalue weighted by Gasteiger charge is -2.23. The number of hydrogen-bond donors (Lipinski definition) is 2. The second-order valence-corrected chi connectivity index (χ2v) is 6.46. The van der Waals surface area contributed by atoms with Crippen LogP contribution < -0.4 is 10.6 Å². The minimum absolute atomic E-state index is 0.0921. The van der Waals surface area contributed by atoms with E-state index in [1.165, 1.54) is 5.56 Å². The summed E-state index contributed by atoms with van der Waals surface area (Å²) >= 11 is 0. The van der Waals surface area contributed by atoms with Gasteiger partial charge < -0.3 is 20.1 Å². The van der Waals surface area contributed by atoms with Gasteiger partial charge in [-0.05, 0) is 38.2 Å². The van der Waals surface area contributed by atoms with Crippen LogP contribution >= 0.6 is 0 Å². The van der Waals surface area contributed by atoms with E-state index >= 15 is 0 Å². The standard InChI is InChI=1S/C18H26N2O3/c1-13-15(10-11-22-13)19-18(21)20-16-8-5-9-17(16)23-12-14-6-3-2-4-7-14/h2-4,6-7,13,15-17H,5,8-12H2,1H3,(H2,19,20,21)/t13-,15-,16+,17+/m0/s1. The van der Waals surface area contributed by atoms with Crippen LogP contribution in [0.2, 0.25) is 0 Å². The number of urea groups is 1. The topological polar surface area (TPSA) is 59.6 Å². The molecule has 2 amide bonds. The van der Waals surface area contributed by atoms with Crippen molar-refractivity contribution in [3.05, 3.63) is 35.9 Å². The van der Waals surface area contributed by atoms with Gasteiger partial charge in [-0.2, -0.15) is 0 Å². The summed E-state index contributed by atoms with van der Waals surface area (Å²) in [6, 6.07) is 10.3. The fourth-order valence-corrected chi connectivity index (χ4v) is 3.37. The number of carbonyl (C=O) groups is 1. The number of carbonyl (C=O) groups excluding carboxylic acids is 1. The van der Waals surface area contributed by atoms with Crippen LogP contribution in [0.1, 0.15) is 38.2 Å². The van der Waals surface area contributed by atoms with Crippen molar-refractivity contribution < 1.29 is 14.3 Å². The normalized spacial score (nSPS) is 30.3. The number of ether oxygens (including phenoxy) is 2. The van der Waals surface area contributed by atoms with Crippen LogP contribution in [0.5, 0.6) is 0 Å². The molecule has 0 radical (unpaired) electrons. The Kier molecular flexibility index (Phi) is 5.51. The average Bonchev–Trinajstić information content (AvgIpc) is 3.16. The molecule has 1 saturated carbocycles. The highest BCUT2D eigenvalue weighted by Gasteiger charge is 2.31. The van der Waals surface area contributed by atoms with Gasteiger partial charge in [-0.15, -0.1) is 0 Å². The molecule has 1 saturated heterocycles. The molecular formula is C18H26N2O3. The lowest BCUT2D eigenvalue weighted by Crippen LogP contribution is -2.50. The lowest BCUT2D eigenvalue weighted by molar-refractivity contribution is 0.0299. The molecule has 5 nitrogen and oxygen atoms in total. The average molecular weight is 318 g/mol. The summed E-state index contributed by atoms with van der Waals surface area (Å²) in [6.45, 7) is 3.32. The highest BCUT2D eigenvalue weighted by atomic mass is 16.5. The van der Waals surface area contributed by atoms with E-state index in [-0.39, 0.29) is 30.3 Å². The van der Waals surface area contributed by atoms with Crippen LogP contribution in [0, 0.1) is 0 Å². The first kappa shape index (κ1) is 16.3. The van der Waals surface area contributed by atoms with Gasteiger partial charge in [-0.25, -0.2) is 4.79 Å². The van der Waals surface area contributed by atoms with Crippen molar-refractivity contribution in [1.29, 1.82) is 0 Å². The molecule has 0 unspecified atom stereocenters. The van der Waals surface area contributed by atoms with Gasteiger partial charge in [0.05, 0.1) is 30.9 Å². The van der Waals surface area contributed by atoms with Crippen LogP contribution in [-0.2, 0) is 16.1 Å². The summed E-state index contributed by atoms with van der Waals surface area (Å²) in [5.41, 5.74) is 1.17. The zero-order valence-electron chi connectivity index (χ0n) is 13.7. The second kappa shape index (κ2) is 7.79. The molecule has 2 N–H and O–H groups in total. The minimum Gasteiger partial charge on any atom is -0.376 e. The van der Waals surface area contributed by atoms with Gasteiger partial charge in [-0.1, -0.05) is 30.3 Å². The van der Waals surface area contributed by atoms with Gasteiger partial charge in [0.1, 0.15) is 0 Å². The van der Waals surface area contributed by atoms with Gasteiger partial charge in [0, 0.05) is 6.61 Å². The van der Waals surface area contributed by atoms with Crippen LogP contribution in [0.15, 0.2) is 30.3 Å². The molecule has 3 rings (SSSR count). The highest BCUT2D eigenvalue weighted by Crippen LogP contribution is 2.23. The van der Waals surface area contributed by atoms with E-state index in [0.717, 1.165) is 32.3 Å². The molecule has 4 atom stereocenters. The third-order valence-corrected chi connectivity index (χ3v) is 4.77. The summed E-state index contributed by atoms with van der Waals surface area (Å²) in [4.78, 5) is 12.2. The van der Waals surface area contributed by atoms with Crippen LogP contribution in [0.3, 0.4) is 0 Å². The molecule has 1 aromatic carbocycles. The fourth-order valence-electron chi connectivity index (χ4n) is 3.37. The molecule has 5 heteroatoms. The molecule has 0 bridgehead atoms. The van der Waals surface area contributed by atoms with Gasteiger partial charge in [-0.3, -0.25) is 0 Å². The Labute approximate surface area is 137 Å². The maximum absolute atomic E-state index is 12.2. The Hall–Kier alpha value is -1.59.